The number of carbonyl (C=O) groups excluding carboxylic acids is 3. The largest absolute Gasteiger partial charge is 0.478 e. The minimum atomic E-state index is -0.957. The molecule has 1 spiro atoms. The number of benzene rings is 1. The molecule has 9 heteroatoms. The van der Waals surface area contributed by atoms with Gasteiger partial charge in [-0.05, 0) is 63.1 Å². The summed E-state index contributed by atoms with van der Waals surface area (Å²) in [6.45, 7) is 4.04. The average Bonchev–Trinajstić information content (AvgIpc) is 3.66. The Morgan fingerprint density at radius 1 is 1.12 bits per heavy atom. The zero-order chi connectivity index (χ0) is 27.7. The molecule has 2 aliphatic heterocycles. The molecule has 1 saturated heterocycles. The highest BCUT2D eigenvalue weighted by atomic mass is 16.5. The van der Waals surface area contributed by atoms with Gasteiger partial charge in [0.1, 0.15) is 12.1 Å². The van der Waals surface area contributed by atoms with Crippen molar-refractivity contribution in [3.05, 3.63) is 77.3 Å². The number of fused-ring (bicyclic) bond motifs is 1. The number of aryl methyl sites for hydroxylation is 1. The zero-order valence-electron chi connectivity index (χ0n) is 22.7. The topological polar surface area (TPSA) is 106 Å². The number of allylic oxidation sites excluding steroid dienone is 1. The van der Waals surface area contributed by atoms with Crippen LogP contribution in [0.3, 0.4) is 0 Å². The normalized spacial score (nSPS) is 21.0. The third-order valence-electron chi connectivity index (χ3n) is 8.12. The Morgan fingerprint density at radius 3 is 2.75 bits per heavy atom. The number of amides is 2. The van der Waals surface area contributed by atoms with Gasteiger partial charge in [0.15, 0.2) is 11.2 Å². The van der Waals surface area contributed by atoms with Crippen LogP contribution in [0.15, 0.2) is 60.6 Å². The lowest BCUT2D eigenvalue weighted by atomic mass is 9.77. The first-order chi connectivity index (χ1) is 19.4. The van der Waals surface area contributed by atoms with Gasteiger partial charge in [-0.2, -0.15) is 5.10 Å². The Kier molecular flexibility index (Phi) is 6.96. The second-order valence-electron chi connectivity index (χ2n) is 10.9. The van der Waals surface area contributed by atoms with Gasteiger partial charge in [-0.1, -0.05) is 35.4 Å². The van der Waals surface area contributed by atoms with E-state index in [1.165, 1.54) is 6.33 Å². The molecule has 0 atom stereocenters. The summed E-state index contributed by atoms with van der Waals surface area (Å²) in [5.74, 6) is 0.634. The van der Waals surface area contributed by atoms with Crippen LogP contribution in [0.1, 0.15) is 61.6 Å². The molecule has 0 unspecified atom stereocenters. The SMILES string of the molecule is Cc1cccc(C2=C(c3ccc4ncnn4c3)OC3(CCC(=CC(=O)NCCCN4CCCC4=O)CC3)C2=O)c1. The molecule has 9 nitrogen and oxygen atoms in total. The number of pyridine rings is 1. The Morgan fingerprint density at radius 2 is 1.98 bits per heavy atom. The van der Waals surface area contributed by atoms with Crippen molar-refractivity contribution in [2.24, 2.45) is 0 Å². The first-order valence-electron chi connectivity index (χ1n) is 14.0. The molecule has 40 heavy (non-hydrogen) atoms. The van der Waals surface area contributed by atoms with Gasteiger partial charge < -0.3 is 15.0 Å². The molecule has 6 rings (SSSR count). The standard InChI is InChI=1S/C31H33N5O4/c1-21-5-2-6-23(17-21)28-29(24-8-9-25-33-20-34-36(25)19-24)40-31(30(28)39)12-10-22(11-13-31)18-26(37)32-14-4-16-35-15-3-7-27(35)38/h2,5-6,8-9,17-20H,3-4,7,10-16H2,1H3,(H,32,37). The first kappa shape index (κ1) is 26.0. The van der Waals surface area contributed by atoms with E-state index in [0.717, 1.165) is 47.3 Å². The maximum Gasteiger partial charge on any atom is 0.243 e. The third kappa shape index (κ3) is 5.03. The van der Waals surface area contributed by atoms with E-state index >= 15 is 0 Å². The molecule has 1 N–H and O–H groups in total. The highest BCUT2D eigenvalue weighted by molar-refractivity contribution is 6.33. The number of hydrogen-bond donors (Lipinski definition) is 1. The maximum atomic E-state index is 14.1. The van der Waals surface area contributed by atoms with Gasteiger partial charge >= 0.3 is 0 Å². The van der Waals surface area contributed by atoms with Crippen LogP contribution < -0.4 is 5.32 Å². The van der Waals surface area contributed by atoms with Gasteiger partial charge in [-0.15, -0.1) is 0 Å². The molecule has 3 aliphatic rings. The fraction of sp³-hybridized carbons (Fsp3) is 0.387. The highest BCUT2D eigenvalue weighted by Gasteiger charge is 2.51. The van der Waals surface area contributed by atoms with Crippen LogP contribution in [-0.2, 0) is 19.1 Å². The van der Waals surface area contributed by atoms with Crippen molar-refractivity contribution in [1.82, 2.24) is 24.8 Å². The molecule has 2 aromatic heterocycles. The number of likely N-dealkylation sites (tertiary alicyclic amines) is 1. The van der Waals surface area contributed by atoms with Crippen LogP contribution >= 0.6 is 0 Å². The number of ether oxygens (including phenoxy) is 1. The van der Waals surface area contributed by atoms with Crippen molar-refractivity contribution in [2.45, 2.75) is 57.5 Å². The zero-order valence-corrected chi connectivity index (χ0v) is 22.7. The van der Waals surface area contributed by atoms with E-state index in [4.69, 9.17) is 4.74 Å². The monoisotopic (exact) mass is 539 g/mol. The number of Topliss-reactive ketones (excluding diaryl/α,β-unsaturated/α-hetero) is 1. The predicted octanol–water partition coefficient (Wildman–Crippen LogP) is 3.87. The molecule has 1 aromatic carbocycles. The number of rotatable bonds is 7. The van der Waals surface area contributed by atoms with Gasteiger partial charge in [0, 0.05) is 43.9 Å². The average molecular weight is 540 g/mol. The van der Waals surface area contributed by atoms with Gasteiger partial charge in [0.25, 0.3) is 0 Å². The molecule has 1 aliphatic carbocycles. The van der Waals surface area contributed by atoms with Crippen LogP contribution in [0.2, 0.25) is 0 Å². The second-order valence-corrected chi connectivity index (χ2v) is 10.9. The molecule has 2 fully saturated rings. The van der Waals surface area contributed by atoms with E-state index in [1.54, 1.807) is 10.6 Å². The lowest BCUT2D eigenvalue weighted by Crippen LogP contribution is -2.40. The van der Waals surface area contributed by atoms with Crippen LogP contribution in [-0.4, -0.2) is 62.3 Å². The summed E-state index contributed by atoms with van der Waals surface area (Å²) in [6, 6.07) is 11.7. The summed E-state index contributed by atoms with van der Waals surface area (Å²) in [5, 5.41) is 7.19. The molecule has 0 radical (unpaired) electrons. The summed E-state index contributed by atoms with van der Waals surface area (Å²) in [5.41, 5.74) is 4.05. The lowest BCUT2D eigenvalue weighted by Gasteiger charge is -2.33. The fourth-order valence-corrected chi connectivity index (χ4v) is 5.95. The van der Waals surface area contributed by atoms with Crippen molar-refractivity contribution >= 4 is 34.6 Å². The lowest BCUT2D eigenvalue weighted by molar-refractivity contribution is -0.130. The molecular formula is C31H33N5O4. The third-order valence-corrected chi connectivity index (χ3v) is 8.12. The van der Waals surface area contributed by atoms with E-state index < -0.39 is 5.60 Å². The van der Waals surface area contributed by atoms with Crippen LogP contribution in [0.5, 0.6) is 0 Å². The molecule has 206 valence electrons. The molecule has 1 saturated carbocycles. The Bertz CT molecular complexity index is 1540. The van der Waals surface area contributed by atoms with Crippen LogP contribution in [0.4, 0.5) is 0 Å². The smallest absolute Gasteiger partial charge is 0.243 e. The first-order valence-corrected chi connectivity index (χ1v) is 14.0. The van der Waals surface area contributed by atoms with E-state index in [9.17, 15) is 14.4 Å². The molecule has 0 bridgehead atoms. The Labute approximate surface area is 232 Å². The van der Waals surface area contributed by atoms with Gasteiger partial charge in [0.2, 0.25) is 17.6 Å². The number of ketones is 1. The Hall–Kier alpha value is -4.27. The summed E-state index contributed by atoms with van der Waals surface area (Å²) >= 11 is 0. The maximum absolute atomic E-state index is 14.1. The van der Waals surface area contributed by atoms with Gasteiger partial charge in [-0.25, -0.2) is 9.50 Å². The molecule has 2 amide bonds. The predicted molar refractivity (Wildman–Crippen MR) is 150 cm³/mol. The van der Waals surface area contributed by atoms with Crippen molar-refractivity contribution in [2.75, 3.05) is 19.6 Å². The van der Waals surface area contributed by atoms with Crippen molar-refractivity contribution in [1.29, 1.82) is 0 Å². The quantitative estimate of drug-likeness (QED) is 0.361. The van der Waals surface area contributed by atoms with E-state index in [2.05, 4.69) is 15.4 Å². The van der Waals surface area contributed by atoms with E-state index in [-0.39, 0.29) is 17.6 Å². The minimum Gasteiger partial charge on any atom is -0.478 e. The summed E-state index contributed by atoms with van der Waals surface area (Å²) in [4.78, 5) is 44.5. The van der Waals surface area contributed by atoms with Crippen LogP contribution in [0.25, 0.3) is 17.0 Å². The van der Waals surface area contributed by atoms with E-state index in [0.29, 0.717) is 56.5 Å². The van der Waals surface area contributed by atoms with Crippen molar-refractivity contribution < 1.29 is 19.1 Å². The number of aromatic nitrogens is 3. The van der Waals surface area contributed by atoms with Crippen molar-refractivity contribution in [3.63, 3.8) is 0 Å². The van der Waals surface area contributed by atoms with Crippen molar-refractivity contribution in [3.8, 4) is 0 Å². The molecule has 3 aromatic rings. The number of carbonyl (C=O) groups is 3. The summed E-state index contributed by atoms with van der Waals surface area (Å²) in [6.07, 6.45) is 9.53. The highest BCUT2D eigenvalue weighted by Crippen LogP contribution is 2.48. The Balaban J connectivity index is 1.15. The number of hydrogen-bond acceptors (Lipinski definition) is 6. The molecule has 4 heterocycles. The van der Waals surface area contributed by atoms with Crippen LogP contribution in [0, 0.1) is 6.92 Å². The number of nitrogens with one attached hydrogen (secondary N) is 1. The summed E-state index contributed by atoms with van der Waals surface area (Å²) in [7, 11) is 0. The minimum absolute atomic E-state index is 0.00764. The van der Waals surface area contributed by atoms with Gasteiger partial charge in [-0.3, -0.25) is 14.4 Å². The number of nitrogens with zero attached hydrogens (tertiary/aromatic N) is 4. The van der Waals surface area contributed by atoms with E-state index in [1.807, 2.05) is 54.4 Å². The van der Waals surface area contributed by atoms with Gasteiger partial charge in [0.05, 0.1) is 5.57 Å². The summed E-state index contributed by atoms with van der Waals surface area (Å²) < 4.78 is 8.30. The second kappa shape index (κ2) is 10.7. The fourth-order valence-electron chi connectivity index (χ4n) is 5.95. The molecular weight excluding hydrogens is 506 g/mol.